The van der Waals surface area contributed by atoms with Gasteiger partial charge in [-0.2, -0.15) is 13.2 Å². The maximum absolute atomic E-state index is 12.6. The molecule has 7 heteroatoms. The molecule has 16 heavy (non-hydrogen) atoms. The second-order valence-electron chi connectivity index (χ2n) is 3.02. The fraction of sp³-hybridized carbons (Fsp3) is 0.333. The van der Waals surface area contributed by atoms with Gasteiger partial charge in [-0.3, -0.25) is 10.1 Å². The van der Waals surface area contributed by atoms with Crippen LogP contribution in [0.5, 0.6) is 0 Å². The maximum Gasteiger partial charge on any atom is 0.417 e. The van der Waals surface area contributed by atoms with E-state index in [1.165, 1.54) is 18.4 Å². The fourth-order valence-electron chi connectivity index (χ4n) is 1.22. The lowest BCUT2D eigenvalue weighted by molar-refractivity contribution is -0.496. The van der Waals surface area contributed by atoms with E-state index in [0.717, 1.165) is 17.8 Å². The molecule has 0 saturated carbocycles. The van der Waals surface area contributed by atoms with Crippen molar-refractivity contribution in [3.63, 3.8) is 0 Å². The normalized spacial score (nSPS) is 11.5. The molecule has 0 aliphatic rings. The number of nitro groups is 1. The third-order valence-electron chi connectivity index (χ3n) is 1.88. The van der Waals surface area contributed by atoms with Gasteiger partial charge >= 0.3 is 6.18 Å². The molecule has 0 fully saturated rings. The molecule has 0 radical (unpaired) electrons. The van der Waals surface area contributed by atoms with Gasteiger partial charge in [-0.1, -0.05) is 6.07 Å². The number of hydrogen-bond donors (Lipinski definition) is 0. The van der Waals surface area contributed by atoms with Crippen LogP contribution in [0, 0.1) is 10.1 Å². The van der Waals surface area contributed by atoms with Crippen LogP contribution in [0.2, 0.25) is 0 Å². The number of nitrogens with zero attached hydrogens (tertiary/aromatic N) is 1. The summed E-state index contributed by atoms with van der Waals surface area (Å²) in [6.07, 6.45) is -2.96. The lowest BCUT2D eigenvalue weighted by Crippen LogP contribution is -2.08. The number of rotatable bonds is 3. The van der Waals surface area contributed by atoms with E-state index in [2.05, 4.69) is 0 Å². The van der Waals surface area contributed by atoms with E-state index in [4.69, 9.17) is 0 Å². The van der Waals surface area contributed by atoms with Crippen LogP contribution in [0.3, 0.4) is 0 Å². The van der Waals surface area contributed by atoms with E-state index >= 15 is 0 Å². The van der Waals surface area contributed by atoms with Crippen LogP contribution in [-0.2, 0) is 12.7 Å². The Labute approximate surface area is 93.8 Å². The molecule has 88 valence electrons. The third-order valence-corrected chi connectivity index (χ3v) is 2.68. The van der Waals surface area contributed by atoms with E-state index in [1.54, 1.807) is 0 Å². The molecule has 0 aliphatic carbocycles. The summed E-state index contributed by atoms with van der Waals surface area (Å²) in [4.78, 5) is 9.61. The molecular formula is C9H8F3NO2S. The molecule has 1 rings (SSSR count). The predicted molar refractivity (Wildman–Crippen MR) is 53.9 cm³/mol. The number of benzene rings is 1. The van der Waals surface area contributed by atoms with Gasteiger partial charge in [0, 0.05) is 15.4 Å². The highest BCUT2D eigenvalue weighted by Gasteiger charge is 2.33. The van der Waals surface area contributed by atoms with Crippen LogP contribution in [0.25, 0.3) is 0 Å². The van der Waals surface area contributed by atoms with Crippen LogP contribution in [0.1, 0.15) is 11.1 Å². The summed E-state index contributed by atoms with van der Waals surface area (Å²) < 4.78 is 37.7. The van der Waals surface area contributed by atoms with Crippen molar-refractivity contribution in [1.82, 2.24) is 0 Å². The Morgan fingerprint density at radius 3 is 2.50 bits per heavy atom. The number of hydrogen-bond acceptors (Lipinski definition) is 3. The molecular weight excluding hydrogens is 243 g/mol. The smallest absolute Gasteiger partial charge is 0.264 e. The Bertz CT molecular complexity index is 406. The number of thioether (sulfide) groups is 1. The van der Waals surface area contributed by atoms with Gasteiger partial charge in [-0.25, -0.2) is 0 Å². The van der Waals surface area contributed by atoms with Crippen molar-refractivity contribution in [3.8, 4) is 0 Å². The maximum atomic E-state index is 12.6. The van der Waals surface area contributed by atoms with Crippen LogP contribution in [0.4, 0.5) is 13.2 Å². The second-order valence-corrected chi connectivity index (χ2v) is 3.87. The van der Waals surface area contributed by atoms with Crippen LogP contribution in [0.15, 0.2) is 23.1 Å². The van der Waals surface area contributed by atoms with Crippen LogP contribution in [-0.4, -0.2) is 11.2 Å². The van der Waals surface area contributed by atoms with Gasteiger partial charge in [0.2, 0.25) is 6.54 Å². The molecule has 1 aromatic rings. The molecule has 0 spiro atoms. The zero-order valence-corrected chi connectivity index (χ0v) is 9.06. The van der Waals surface area contributed by atoms with E-state index in [-0.39, 0.29) is 10.5 Å². The van der Waals surface area contributed by atoms with Crippen molar-refractivity contribution < 1.29 is 18.1 Å². The van der Waals surface area contributed by atoms with Gasteiger partial charge in [0.05, 0.1) is 5.56 Å². The lowest BCUT2D eigenvalue weighted by Gasteiger charge is -2.11. The van der Waals surface area contributed by atoms with Gasteiger partial charge in [-0.05, 0) is 18.4 Å². The quantitative estimate of drug-likeness (QED) is 0.470. The van der Waals surface area contributed by atoms with Crippen molar-refractivity contribution in [3.05, 3.63) is 39.4 Å². The van der Waals surface area contributed by atoms with E-state index in [1.807, 2.05) is 0 Å². The molecule has 0 atom stereocenters. The van der Waals surface area contributed by atoms with Gasteiger partial charge in [0.15, 0.2) is 0 Å². The van der Waals surface area contributed by atoms with Crippen molar-refractivity contribution in [2.24, 2.45) is 0 Å². The minimum Gasteiger partial charge on any atom is -0.264 e. The molecule has 3 nitrogen and oxygen atoms in total. The average Bonchev–Trinajstić information content (AvgIpc) is 2.15. The Balaban J connectivity index is 3.16. The summed E-state index contributed by atoms with van der Waals surface area (Å²) in [7, 11) is 0. The summed E-state index contributed by atoms with van der Waals surface area (Å²) in [5.41, 5.74) is -0.769. The average molecular weight is 251 g/mol. The van der Waals surface area contributed by atoms with Crippen molar-refractivity contribution in [1.29, 1.82) is 0 Å². The van der Waals surface area contributed by atoms with Crippen molar-refractivity contribution in [2.45, 2.75) is 17.6 Å². The zero-order valence-electron chi connectivity index (χ0n) is 8.25. The van der Waals surface area contributed by atoms with Crippen molar-refractivity contribution in [2.75, 3.05) is 6.26 Å². The molecule has 0 bridgehead atoms. The van der Waals surface area contributed by atoms with Crippen LogP contribution >= 0.6 is 11.8 Å². The minimum atomic E-state index is -4.48. The van der Waals surface area contributed by atoms with Gasteiger partial charge < -0.3 is 0 Å². The first-order valence-corrected chi connectivity index (χ1v) is 5.43. The Kier molecular flexibility index (Phi) is 3.79. The topological polar surface area (TPSA) is 43.1 Å². The SMILES string of the molecule is CSc1ccc(C[N+](=O)[O-])cc1C(F)(F)F. The molecule has 0 heterocycles. The zero-order chi connectivity index (χ0) is 12.3. The highest BCUT2D eigenvalue weighted by atomic mass is 32.2. The van der Waals surface area contributed by atoms with E-state index in [9.17, 15) is 23.3 Å². The van der Waals surface area contributed by atoms with Gasteiger partial charge in [-0.15, -0.1) is 11.8 Å². The second kappa shape index (κ2) is 4.73. The monoisotopic (exact) mass is 251 g/mol. The molecule has 0 amide bonds. The standard InChI is InChI=1S/C9H8F3NO2S/c1-16-8-3-2-6(5-13(14)15)4-7(8)9(10,11)12/h2-4H,5H2,1H3. The minimum absolute atomic E-state index is 0.0510. The number of halogens is 3. The first-order valence-electron chi connectivity index (χ1n) is 4.20. The first kappa shape index (κ1) is 12.8. The first-order chi connectivity index (χ1) is 7.34. The predicted octanol–water partition coefficient (Wildman–Crippen LogP) is 3.20. The summed E-state index contributed by atoms with van der Waals surface area (Å²) in [5.74, 6) is 0. The Hall–Kier alpha value is -1.24. The molecule has 0 aliphatic heterocycles. The molecule has 0 unspecified atom stereocenters. The molecule has 0 saturated heterocycles. The van der Waals surface area contributed by atoms with Crippen molar-refractivity contribution >= 4 is 11.8 Å². The summed E-state index contributed by atoms with van der Waals surface area (Å²) in [6.45, 7) is -0.599. The Morgan fingerprint density at radius 2 is 2.06 bits per heavy atom. The third kappa shape index (κ3) is 3.13. The highest BCUT2D eigenvalue weighted by Crippen LogP contribution is 2.36. The van der Waals surface area contributed by atoms with Crippen LogP contribution < -0.4 is 0 Å². The lowest BCUT2D eigenvalue weighted by atomic mass is 10.1. The largest absolute Gasteiger partial charge is 0.417 e. The van der Waals surface area contributed by atoms with E-state index in [0.29, 0.717) is 0 Å². The highest BCUT2D eigenvalue weighted by molar-refractivity contribution is 7.98. The summed E-state index contributed by atoms with van der Waals surface area (Å²) >= 11 is 0.960. The molecule has 1 aromatic carbocycles. The summed E-state index contributed by atoms with van der Waals surface area (Å²) in [6, 6.07) is 3.42. The summed E-state index contributed by atoms with van der Waals surface area (Å²) in [5, 5.41) is 10.2. The molecule has 0 N–H and O–H groups in total. The fourth-order valence-corrected chi connectivity index (χ4v) is 1.82. The van der Waals surface area contributed by atoms with Gasteiger partial charge in [0.25, 0.3) is 0 Å². The van der Waals surface area contributed by atoms with E-state index < -0.39 is 23.2 Å². The van der Waals surface area contributed by atoms with Gasteiger partial charge in [0.1, 0.15) is 0 Å². The Morgan fingerprint density at radius 1 is 1.44 bits per heavy atom. The number of alkyl halides is 3. The molecule has 0 aromatic heterocycles.